The quantitative estimate of drug-likeness (QED) is 0.735. The summed E-state index contributed by atoms with van der Waals surface area (Å²) in [4.78, 5) is 0. The molecule has 0 spiro atoms. The predicted molar refractivity (Wildman–Crippen MR) is 45.2 cm³/mol. The van der Waals surface area contributed by atoms with E-state index in [9.17, 15) is 4.39 Å². The smallest absolute Gasteiger partial charge is 0.170 e. The second kappa shape index (κ2) is 2.73. The monoisotopic (exact) mass is 181 g/mol. The normalized spacial score (nSPS) is 13.4. The topological polar surface area (TPSA) is 46.3 Å². The van der Waals surface area contributed by atoms with Gasteiger partial charge in [-0.15, -0.1) is 0 Å². The summed E-state index contributed by atoms with van der Waals surface area (Å²) in [5, 5.41) is 13.3. The summed E-state index contributed by atoms with van der Waals surface area (Å²) in [7, 11) is 0. The standard InChI is InChI=1S/C9H8FNO2/c1-5(10)9-7-3-2-6(12)4-8(7)13-11-9/h2-5,12H,1H3. The Morgan fingerprint density at radius 1 is 1.54 bits per heavy atom. The zero-order chi connectivity index (χ0) is 9.42. The molecule has 1 atom stereocenters. The first-order valence-electron chi connectivity index (χ1n) is 3.91. The van der Waals surface area contributed by atoms with E-state index in [1.54, 1.807) is 6.07 Å². The number of aromatic hydroxyl groups is 1. The highest BCUT2D eigenvalue weighted by molar-refractivity contribution is 5.80. The van der Waals surface area contributed by atoms with Crippen LogP contribution in [0.4, 0.5) is 4.39 Å². The number of alkyl halides is 1. The molecular weight excluding hydrogens is 173 g/mol. The van der Waals surface area contributed by atoms with E-state index in [-0.39, 0.29) is 11.4 Å². The van der Waals surface area contributed by atoms with Crippen LogP contribution in [0.25, 0.3) is 11.0 Å². The minimum atomic E-state index is -1.16. The van der Waals surface area contributed by atoms with Crippen molar-refractivity contribution in [3.05, 3.63) is 23.9 Å². The van der Waals surface area contributed by atoms with Crippen molar-refractivity contribution in [2.45, 2.75) is 13.1 Å². The zero-order valence-electron chi connectivity index (χ0n) is 6.99. The third-order valence-electron chi connectivity index (χ3n) is 1.86. The van der Waals surface area contributed by atoms with E-state index in [1.165, 1.54) is 19.1 Å². The van der Waals surface area contributed by atoms with Crippen molar-refractivity contribution in [3.8, 4) is 5.75 Å². The third kappa shape index (κ3) is 1.24. The Kier molecular flexibility index (Phi) is 1.69. The number of benzene rings is 1. The minimum Gasteiger partial charge on any atom is -0.508 e. The third-order valence-corrected chi connectivity index (χ3v) is 1.86. The van der Waals surface area contributed by atoms with Crippen molar-refractivity contribution < 1.29 is 14.0 Å². The van der Waals surface area contributed by atoms with Crippen molar-refractivity contribution >= 4 is 11.0 Å². The number of aromatic nitrogens is 1. The van der Waals surface area contributed by atoms with Gasteiger partial charge in [0, 0.05) is 11.5 Å². The first-order valence-corrected chi connectivity index (χ1v) is 3.91. The fourth-order valence-corrected chi connectivity index (χ4v) is 1.23. The van der Waals surface area contributed by atoms with Gasteiger partial charge in [-0.25, -0.2) is 4.39 Å². The number of phenols is 1. The first kappa shape index (κ1) is 8.04. The molecule has 0 aliphatic carbocycles. The zero-order valence-corrected chi connectivity index (χ0v) is 6.99. The molecule has 2 aromatic rings. The Hall–Kier alpha value is -1.58. The SMILES string of the molecule is CC(F)c1noc2cc(O)ccc12. The molecule has 1 heterocycles. The highest BCUT2D eigenvalue weighted by atomic mass is 19.1. The highest BCUT2D eigenvalue weighted by Gasteiger charge is 2.13. The molecule has 0 amide bonds. The first-order chi connectivity index (χ1) is 6.18. The van der Waals surface area contributed by atoms with Crippen molar-refractivity contribution in [3.63, 3.8) is 0 Å². The van der Waals surface area contributed by atoms with Gasteiger partial charge in [0.2, 0.25) is 0 Å². The molecule has 0 aliphatic rings. The summed E-state index contributed by atoms with van der Waals surface area (Å²) in [6.07, 6.45) is -1.16. The Labute approximate surface area is 73.8 Å². The van der Waals surface area contributed by atoms with Crippen LogP contribution in [0.1, 0.15) is 18.8 Å². The van der Waals surface area contributed by atoms with Crippen molar-refractivity contribution in [2.75, 3.05) is 0 Å². The largest absolute Gasteiger partial charge is 0.508 e. The molecule has 1 N–H and O–H groups in total. The van der Waals surface area contributed by atoms with Crippen LogP contribution in [0.2, 0.25) is 0 Å². The molecule has 68 valence electrons. The van der Waals surface area contributed by atoms with Gasteiger partial charge in [0.25, 0.3) is 0 Å². The van der Waals surface area contributed by atoms with E-state index in [4.69, 9.17) is 9.63 Å². The molecular formula is C9H8FNO2. The number of fused-ring (bicyclic) bond motifs is 1. The van der Waals surface area contributed by atoms with Crippen molar-refractivity contribution in [2.24, 2.45) is 0 Å². The highest BCUT2D eigenvalue weighted by Crippen LogP contribution is 2.27. The van der Waals surface area contributed by atoms with Gasteiger partial charge >= 0.3 is 0 Å². The molecule has 0 saturated heterocycles. The average Bonchev–Trinajstić information content (AvgIpc) is 2.46. The summed E-state index contributed by atoms with van der Waals surface area (Å²) in [5.41, 5.74) is 0.675. The molecule has 0 aliphatic heterocycles. The van der Waals surface area contributed by atoms with Crippen LogP contribution in [0.15, 0.2) is 22.7 Å². The van der Waals surface area contributed by atoms with Gasteiger partial charge < -0.3 is 9.63 Å². The summed E-state index contributed by atoms with van der Waals surface area (Å²) in [5.74, 6) is 0.0849. The number of rotatable bonds is 1. The summed E-state index contributed by atoms with van der Waals surface area (Å²) in [6.45, 7) is 1.39. The van der Waals surface area contributed by atoms with Gasteiger partial charge in [0.05, 0.1) is 0 Å². The van der Waals surface area contributed by atoms with Crippen LogP contribution >= 0.6 is 0 Å². The lowest BCUT2D eigenvalue weighted by atomic mass is 10.1. The summed E-state index contributed by atoms with van der Waals surface area (Å²) in [6, 6.07) is 4.48. The fourth-order valence-electron chi connectivity index (χ4n) is 1.23. The van der Waals surface area contributed by atoms with Crippen LogP contribution in [-0.2, 0) is 0 Å². The van der Waals surface area contributed by atoms with E-state index in [0.717, 1.165) is 0 Å². The number of halogens is 1. The molecule has 2 rings (SSSR count). The number of hydrogen-bond donors (Lipinski definition) is 1. The van der Waals surface area contributed by atoms with Gasteiger partial charge in [-0.05, 0) is 19.1 Å². The maximum Gasteiger partial charge on any atom is 0.170 e. The molecule has 0 radical (unpaired) electrons. The van der Waals surface area contributed by atoms with Gasteiger partial charge in [-0.1, -0.05) is 5.16 Å². The summed E-state index contributed by atoms with van der Waals surface area (Å²) < 4.78 is 17.8. The van der Waals surface area contributed by atoms with Crippen LogP contribution < -0.4 is 0 Å². The maximum atomic E-state index is 12.9. The van der Waals surface area contributed by atoms with Crippen LogP contribution in [0.5, 0.6) is 5.75 Å². The molecule has 0 fully saturated rings. The molecule has 1 unspecified atom stereocenters. The molecule has 1 aromatic carbocycles. The number of hydrogen-bond acceptors (Lipinski definition) is 3. The Balaban J connectivity index is 2.69. The van der Waals surface area contributed by atoms with Gasteiger partial charge in [-0.3, -0.25) is 0 Å². The van der Waals surface area contributed by atoms with E-state index >= 15 is 0 Å². The predicted octanol–water partition coefficient (Wildman–Crippen LogP) is 2.56. The van der Waals surface area contributed by atoms with Crippen LogP contribution in [-0.4, -0.2) is 10.3 Å². The maximum absolute atomic E-state index is 12.9. The van der Waals surface area contributed by atoms with E-state index < -0.39 is 6.17 Å². The molecule has 13 heavy (non-hydrogen) atoms. The van der Waals surface area contributed by atoms with Crippen molar-refractivity contribution in [1.82, 2.24) is 5.16 Å². The van der Waals surface area contributed by atoms with E-state index in [1.807, 2.05) is 0 Å². The minimum absolute atomic E-state index is 0.0849. The van der Waals surface area contributed by atoms with Gasteiger partial charge in [-0.2, -0.15) is 0 Å². The van der Waals surface area contributed by atoms with Crippen LogP contribution in [0.3, 0.4) is 0 Å². The molecule has 0 bridgehead atoms. The van der Waals surface area contributed by atoms with Crippen molar-refractivity contribution in [1.29, 1.82) is 0 Å². The van der Waals surface area contributed by atoms with E-state index in [0.29, 0.717) is 11.0 Å². The molecule has 1 aromatic heterocycles. The van der Waals surface area contributed by atoms with Gasteiger partial charge in [0.15, 0.2) is 5.58 Å². The van der Waals surface area contributed by atoms with Gasteiger partial charge in [0.1, 0.15) is 17.6 Å². The average molecular weight is 181 g/mol. The lowest BCUT2D eigenvalue weighted by Gasteiger charge is -1.94. The Morgan fingerprint density at radius 2 is 2.31 bits per heavy atom. The fraction of sp³-hybridized carbons (Fsp3) is 0.222. The van der Waals surface area contributed by atoms with Crippen LogP contribution in [0, 0.1) is 0 Å². The Bertz CT molecular complexity index is 436. The second-order valence-electron chi connectivity index (χ2n) is 2.86. The lowest BCUT2D eigenvalue weighted by molar-refractivity contribution is 0.342. The number of phenolic OH excluding ortho intramolecular Hbond substituents is 1. The molecule has 0 saturated carbocycles. The number of nitrogens with zero attached hydrogens (tertiary/aromatic N) is 1. The second-order valence-corrected chi connectivity index (χ2v) is 2.86. The van der Waals surface area contributed by atoms with E-state index in [2.05, 4.69) is 5.16 Å². The summed E-state index contributed by atoms with van der Waals surface area (Å²) >= 11 is 0. The Morgan fingerprint density at radius 3 is 3.00 bits per heavy atom. The molecule has 4 heteroatoms. The molecule has 3 nitrogen and oxygen atoms in total. The lowest BCUT2D eigenvalue weighted by Crippen LogP contribution is -1.84.